The van der Waals surface area contributed by atoms with E-state index in [0.717, 1.165) is 17.5 Å². The number of halogens is 2. The molecule has 0 atom stereocenters. The van der Waals surface area contributed by atoms with Crippen LogP contribution in [-0.2, 0) is 4.79 Å². The maximum Gasteiger partial charge on any atom is 0.313 e. The third kappa shape index (κ3) is 3.27. The van der Waals surface area contributed by atoms with E-state index in [9.17, 15) is 9.18 Å². The Bertz CT molecular complexity index is 630. The van der Waals surface area contributed by atoms with E-state index in [1.165, 1.54) is 12.1 Å². The number of aromatic nitrogens is 2. The van der Waals surface area contributed by atoms with Gasteiger partial charge in [-0.1, -0.05) is 23.4 Å². The predicted molar refractivity (Wildman–Crippen MR) is 71.6 cm³/mol. The Kier molecular flexibility index (Phi) is 4.11. The molecule has 7 heteroatoms. The molecule has 100 valence electrons. The average molecular weight is 301 g/mol. The van der Waals surface area contributed by atoms with Crippen molar-refractivity contribution in [2.75, 3.05) is 5.75 Å². The van der Waals surface area contributed by atoms with E-state index in [2.05, 4.69) is 4.98 Å². The Morgan fingerprint density at radius 3 is 2.95 bits per heavy atom. The van der Waals surface area contributed by atoms with Gasteiger partial charge in [0.1, 0.15) is 5.82 Å². The van der Waals surface area contributed by atoms with Gasteiger partial charge in [0.25, 0.3) is 0 Å². The summed E-state index contributed by atoms with van der Waals surface area (Å²) in [6.45, 7) is 1.80. The van der Waals surface area contributed by atoms with Crippen LogP contribution in [0, 0.1) is 12.7 Å². The lowest BCUT2D eigenvalue weighted by Gasteiger charge is -2.07. The Morgan fingerprint density at radius 2 is 2.32 bits per heavy atom. The molecule has 4 nitrogen and oxygen atoms in total. The largest absolute Gasteiger partial charge is 0.481 e. The molecule has 0 saturated carbocycles. The van der Waals surface area contributed by atoms with Gasteiger partial charge < -0.3 is 5.11 Å². The van der Waals surface area contributed by atoms with E-state index in [1.54, 1.807) is 23.8 Å². The monoisotopic (exact) mass is 300 g/mol. The molecule has 0 saturated heterocycles. The van der Waals surface area contributed by atoms with Gasteiger partial charge in [0.2, 0.25) is 0 Å². The number of carbonyl (C=O) groups is 1. The molecule has 0 spiro atoms. The lowest BCUT2D eigenvalue weighted by atomic mass is 10.3. The molecule has 0 radical (unpaired) electrons. The van der Waals surface area contributed by atoms with Crippen LogP contribution in [0.2, 0.25) is 5.02 Å². The van der Waals surface area contributed by atoms with Gasteiger partial charge in [-0.15, -0.1) is 0 Å². The molecule has 1 aromatic carbocycles. The van der Waals surface area contributed by atoms with E-state index in [0.29, 0.717) is 10.8 Å². The van der Waals surface area contributed by atoms with Crippen molar-refractivity contribution in [1.82, 2.24) is 9.55 Å². The first-order valence-corrected chi connectivity index (χ1v) is 6.69. The van der Waals surface area contributed by atoms with Gasteiger partial charge in [-0.25, -0.2) is 9.37 Å². The van der Waals surface area contributed by atoms with Crippen molar-refractivity contribution in [2.45, 2.75) is 12.1 Å². The van der Waals surface area contributed by atoms with Crippen molar-refractivity contribution < 1.29 is 14.3 Å². The second kappa shape index (κ2) is 5.63. The highest BCUT2D eigenvalue weighted by molar-refractivity contribution is 7.99. The molecular formula is C12H10ClFN2O2S. The van der Waals surface area contributed by atoms with E-state index in [1.807, 2.05) is 0 Å². The molecule has 1 aromatic heterocycles. The van der Waals surface area contributed by atoms with Gasteiger partial charge >= 0.3 is 5.97 Å². The Morgan fingerprint density at radius 1 is 1.58 bits per heavy atom. The van der Waals surface area contributed by atoms with Crippen LogP contribution in [0.25, 0.3) is 5.69 Å². The summed E-state index contributed by atoms with van der Waals surface area (Å²) in [5, 5.41) is 9.24. The summed E-state index contributed by atoms with van der Waals surface area (Å²) in [5.74, 6) is -1.51. The number of carboxylic acids is 1. The normalized spacial score (nSPS) is 10.7. The summed E-state index contributed by atoms with van der Waals surface area (Å²) in [7, 11) is 0. The minimum Gasteiger partial charge on any atom is -0.481 e. The van der Waals surface area contributed by atoms with Crippen LogP contribution in [0.15, 0.2) is 29.6 Å². The van der Waals surface area contributed by atoms with Crippen LogP contribution >= 0.6 is 23.4 Å². The maximum absolute atomic E-state index is 13.1. The summed E-state index contributed by atoms with van der Waals surface area (Å²) in [4.78, 5) is 14.8. The number of nitrogens with zero attached hydrogens (tertiary/aromatic N) is 2. The van der Waals surface area contributed by atoms with E-state index in [4.69, 9.17) is 16.7 Å². The highest BCUT2D eigenvalue weighted by Crippen LogP contribution is 2.25. The van der Waals surface area contributed by atoms with Gasteiger partial charge in [-0.3, -0.25) is 9.36 Å². The number of hydrogen-bond donors (Lipinski definition) is 1. The van der Waals surface area contributed by atoms with Crippen molar-refractivity contribution in [3.05, 3.63) is 40.9 Å². The molecule has 0 bridgehead atoms. The lowest BCUT2D eigenvalue weighted by molar-refractivity contribution is -0.133. The molecule has 1 N–H and O–H groups in total. The predicted octanol–water partition coefficient (Wildman–Crippen LogP) is 3.15. The topological polar surface area (TPSA) is 55.1 Å². The molecule has 19 heavy (non-hydrogen) atoms. The number of rotatable bonds is 4. The number of aryl methyl sites for hydroxylation is 1. The van der Waals surface area contributed by atoms with Crippen molar-refractivity contribution >= 4 is 29.3 Å². The fourth-order valence-corrected chi connectivity index (χ4v) is 2.46. The molecule has 2 rings (SSSR count). The first-order chi connectivity index (χ1) is 8.97. The molecular weight excluding hydrogens is 291 g/mol. The molecule has 0 amide bonds. The number of benzene rings is 1. The smallest absolute Gasteiger partial charge is 0.313 e. The Labute approximate surface area is 118 Å². The van der Waals surface area contributed by atoms with Crippen molar-refractivity contribution in [3.8, 4) is 5.69 Å². The second-order valence-corrected chi connectivity index (χ2v) is 5.17. The number of carboxylic acid groups (broad SMARTS) is 1. The summed E-state index contributed by atoms with van der Waals surface area (Å²) < 4.78 is 14.8. The number of aliphatic carboxylic acids is 1. The number of thioether (sulfide) groups is 1. The minimum atomic E-state index is -0.922. The van der Waals surface area contributed by atoms with Crippen LogP contribution < -0.4 is 0 Å². The Balaban J connectivity index is 2.37. The number of imidazole rings is 1. The fourth-order valence-electron chi connectivity index (χ4n) is 1.52. The zero-order chi connectivity index (χ0) is 14.0. The van der Waals surface area contributed by atoms with Gasteiger partial charge in [-0.05, 0) is 25.1 Å². The SMILES string of the molecule is Cc1cn(-c2ccc(F)c(Cl)c2)c(SCC(=O)O)n1. The van der Waals surface area contributed by atoms with Crippen molar-refractivity contribution in [1.29, 1.82) is 0 Å². The van der Waals surface area contributed by atoms with Gasteiger partial charge in [0.05, 0.1) is 16.5 Å². The van der Waals surface area contributed by atoms with Gasteiger partial charge in [0, 0.05) is 11.9 Å². The summed E-state index contributed by atoms with van der Waals surface area (Å²) >= 11 is 6.84. The van der Waals surface area contributed by atoms with Gasteiger partial charge in [0.15, 0.2) is 5.16 Å². The highest BCUT2D eigenvalue weighted by Gasteiger charge is 2.11. The first-order valence-electron chi connectivity index (χ1n) is 5.33. The van der Waals surface area contributed by atoms with E-state index >= 15 is 0 Å². The van der Waals surface area contributed by atoms with E-state index < -0.39 is 11.8 Å². The highest BCUT2D eigenvalue weighted by atomic mass is 35.5. The third-order valence-corrected chi connectivity index (χ3v) is 3.53. The molecule has 2 aromatic rings. The van der Waals surface area contributed by atoms with Crippen molar-refractivity contribution in [3.63, 3.8) is 0 Å². The summed E-state index contributed by atoms with van der Waals surface area (Å²) in [6, 6.07) is 4.30. The first kappa shape index (κ1) is 13.9. The lowest BCUT2D eigenvalue weighted by Crippen LogP contribution is -2.01. The maximum atomic E-state index is 13.1. The summed E-state index contributed by atoms with van der Waals surface area (Å²) in [5.41, 5.74) is 1.38. The molecule has 0 aliphatic heterocycles. The zero-order valence-corrected chi connectivity index (χ0v) is 11.5. The Hall–Kier alpha value is -1.53. The van der Waals surface area contributed by atoms with Crippen LogP contribution in [0.1, 0.15) is 5.69 Å². The molecule has 0 unspecified atom stereocenters. The second-order valence-electron chi connectivity index (χ2n) is 3.82. The fraction of sp³-hybridized carbons (Fsp3) is 0.167. The molecule has 1 heterocycles. The minimum absolute atomic E-state index is 0.0121. The van der Waals surface area contributed by atoms with Crippen LogP contribution in [0.3, 0.4) is 0 Å². The van der Waals surface area contributed by atoms with Crippen molar-refractivity contribution in [2.24, 2.45) is 0 Å². The standard InChI is InChI=1S/C12H10ClFN2O2S/c1-7-5-16(12(15-7)19-6-11(17)18)8-2-3-10(14)9(13)4-8/h2-5H,6H2,1H3,(H,17,18). The molecule has 0 aliphatic carbocycles. The summed E-state index contributed by atoms with van der Waals surface area (Å²) in [6.07, 6.45) is 1.74. The molecule has 0 fully saturated rings. The quantitative estimate of drug-likeness (QED) is 0.881. The van der Waals surface area contributed by atoms with E-state index in [-0.39, 0.29) is 10.8 Å². The average Bonchev–Trinajstić information content (AvgIpc) is 2.71. The molecule has 0 aliphatic rings. The van der Waals surface area contributed by atoms with Crippen LogP contribution in [0.4, 0.5) is 4.39 Å². The zero-order valence-electron chi connectivity index (χ0n) is 9.93. The number of hydrogen-bond acceptors (Lipinski definition) is 3. The van der Waals surface area contributed by atoms with Crippen LogP contribution in [-0.4, -0.2) is 26.4 Å². The van der Waals surface area contributed by atoms with Crippen LogP contribution in [0.5, 0.6) is 0 Å². The third-order valence-electron chi connectivity index (χ3n) is 2.30. The van der Waals surface area contributed by atoms with Gasteiger partial charge in [-0.2, -0.15) is 0 Å².